The summed E-state index contributed by atoms with van der Waals surface area (Å²) >= 11 is 0. The van der Waals surface area contributed by atoms with Gasteiger partial charge in [-0.25, -0.2) is 0 Å². The molecule has 2 N–H and O–H groups in total. The molecule has 0 bridgehead atoms. The lowest BCUT2D eigenvalue weighted by molar-refractivity contribution is 0.376. The largest absolute Gasteiger partial charge is 0.314 e. The summed E-state index contributed by atoms with van der Waals surface area (Å²) in [6, 6.07) is 12.6. The Morgan fingerprint density at radius 2 is 1.90 bits per heavy atom. The van der Waals surface area contributed by atoms with Crippen LogP contribution in [0.25, 0.3) is 0 Å². The molecule has 3 atom stereocenters. The van der Waals surface area contributed by atoms with E-state index in [4.69, 9.17) is 0 Å². The van der Waals surface area contributed by atoms with Gasteiger partial charge < -0.3 is 10.6 Å². The van der Waals surface area contributed by atoms with Crippen molar-refractivity contribution >= 4 is 0 Å². The van der Waals surface area contributed by atoms with Gasteiger partial charge in [0.2, 0.25) is 0 Å². The molecule has 20 heavy (non-hydrogen) atoms. The third-order valence-corrected chi connectivity index (χ3v) is 4.25. The lowest BCUT2D eigenvalue weighted by Gasteiger charge is -2.24. The van der Waals surface area contributed by atoms with Crippen molar-refractivity contribution in [3.63, 3.8) is 0 Å². The fraction of sp³-hybridized carbons (Fsp3) is 0.667. The highest BCUT2D eigenvalue weighted by atomic mass is 15.0. The van der Waals surface area contributed by atoms with E-state index >= 15 is 0 Å². The van der Waals surface area contributed by atoms with Crippen LogP contribution in [0.4, 0.5) is 0 Å². The molecule has 2 nitrogen and oxygen atoms in total. The summed E-state index contributed by atoms with van der Waals surface area (Å²) in [4.78, 5) is 0. The monoisotopic (exact) mass is 274 g/mol. The van der Waals surface area contributed by atoms with Gasteiger partial charge in [0, 0.05) is 18.1 Å². The van der Waals surface area contributed by atoms with Gasteiger partial charge in [0.05, 0.1) is 0 Å². The molecule has 1 aliphatic heterocycles. The van der Waals surface area contributed by atoms with Crippen molar-refractivity contribution in [3.05, 3.63) is 35.9 Å². The third-order valence-electron chi connectivity index (χ3n) is 4.25. The van der Waals surface area contributed by atoms with Crippen LogP contribution in [0.1, 0.15) is 51.5 Å². The lowest BCUT2D eigenvalue weighted by Crippen LogP contribution is -2.41. The summed E-state index contributed by atoms with van der Waals surface area (Å²) in [6.07, 6.45) is 7.85. The van der Waals surface area contributed by atoms with Gasteiger partial charge in [-0.15, -0.1) is 0 Å². The minimum Gasteiger partial charge on any atom is -0.314 e. The molecule has 1 aromatic rings. The first-order chi connectivity index (χ1) is 9.74. The molecule has 1 saturated heterocycles. The SMILES string of the molecule is CC(Cc1ccccc1)NC(C)CC1CCCCCN1. The summed E-state index contributed by atoms with van der Waals surface area (Å²) in [5, 5.41) is 7.45. The van der Waals surface area contributed by atoms with Gasteiger partial charge in [-0.2, -0.15) is 0 Å². The predicted octanol–water partition coefficient (Wildman–Crippen LogP) is 3.52. The molecule has 0 aromatic heterocycles. The molecular formula is C18H30N2. The Kier molecular flexibility index (Phi) is 6.55. The van der Waals surface area contributed by atoms with Crippen LogP contribution in [-0.4, -0.2) is 24.7 Å². The first-order valence-electron chi connectivity index (χ1n) is 8.27. The van der Waals surface area contributed by atoms with Crippen LogP contribution in [0.2, 0.25) is 0 Å². The van der Waals surface area contributed by atoms with Gasteiger partial charge in [-0.1, -0.05) is 43.2 Å². The van der Waals surface area contributed by atoms with Crippen molar-refractivity contribution in [2.75, 3.05) is 6.54 Å². The Labute approximate surface area is 124 Å². The molecule has 1 fully saturated rings. The molecule has 0 spiro atoms. The van der Waals surface area contributed by atoms with Gasteiger partial charge in [0.15, 0.2) is 0 Å². The molecule has 112 valence electrons. The van der Waals surface area contributed by atoms with Crippen LogP contribution in [0.3, 0.4) is 0 Å². The topological polar surface area (TPSA) is 24.1 Å². The molecule has 0 saturated carbocycles. The average Bonchev–Trinajstić information content (AvgIpc) is 2.68. The van der Waals surface area contributed by atoms with E-state index in [1.807, 2.05) is 0 Å². The standard InChI is InChI=1S/C18H30N2/c1-15(13-17-9-5-3-6-10-17)20-16(2)14-18-11-7-4-8-12-19-18/h3,5-6,9-10,15-16,18-20H,4,7-8,11-14H2,1-2H3. The Balaban J connectivity index is 1.71. The van der Waals surface area contributed by atoms with E-state index in [9.17, 15) is 0 Å². The summed E-state index contributed by atoms with van der Waals surface area (Å²) in [5.41, 5.74) is 1.42. The molecule has 0 aliphatic carbocycles. The van der Waals surface area contributed by atoms with Gasteiger partial charge in [0.1, 0.15) is 0 Å². The highest BCUT2D eigenvalue weighted by molar-refractivity contribution is 5.15. The maximum absolute atomic E-state index is 3.76. The second-order valence-electron chi connectivity index (χ2n) is 6.39. The first-order valence-corrected chi connectivity index (χ1v) is 8.27. The molecule has 2 heteroatoms. The Morgan fingerprint density at radius 3 is 2.70 bits per heavy atom. The van der Waals surface area contributed by atoms with Gasteiger partial charge in [-0.3, -0.25) is 0 Å². The van der Waals surface area contributed by atoms with Crippen molar-refractivity contribution in [3.8, 4) is 0 Å². The van der Waals surface area contributed by atoms with E-state index < -0.39 is 0 Å². The normalized spacial score (nSPS) is 23.0. The van der Waals surface area contributed by atoms with E-state index in [0.717, 1.165) is 6.42 Å². The molecule has 0 radical (unpaired) electrons. The fourth-order valence-electron chi connectivity index (χ4n) is 3.31. The van der Waals surface area contributed by atoms with E-state index in [1.165, 1.54) is 44.2 Å². The van der Waals surface area contributed by atoms with E-state index in [0.29, 0.717) is 18.1 Å². The van der Waals surface area contributed by atoms with Crippen LogP contribution < -0.4 is 10.6 Å². The first kappa shape index (κ1) is 15.5. The van der Waals surface area contributed by atoms with Gasteiger partial charge in [0.25, 0.3) is 0 Å². The number of benzene rings is 1. The van der Waals surface area contributed by atoms with E-state index in [-0.39, 0.29) is 0 Å². The van der Waals surface area contributed by atoms with E-state index in [2.05, 4.69) is 54.8 Å². The third kappa shape index (κ3) is 5.64. The van der Waals surface area contributed by atoms with E-state index in [1.54, 1.807) is 0 Å². The summed E-state index contributed by atoms with van der Waals surface area (Å²) in [6.45, 7) is 5.83. The summed E-state index contributed by atoms with van der Waals surface area (Å²) < 4.78 is 0. The maximum atomic E-state index is 3.76. The zero-order chi connectivity index (χ0) is 14.2. The maximum Gasteiger partial charge on any atom is 0.00817 e. The molecule has 1 aromatic carbocycles. The minimum atomic E-state index is 0.540. The van der Waals surface area contributed by atoms with Crippen molar-refractivity contribution < 1.29 is 0 Å². The number of nitrogens with one attached hydrogen (secondary N) is 2. The Bertz CT molecular complexity index is 355. The molecule has 1 aliphatic rings. The van der Waals surface area contributed by atoms with Crippen LogP contribution in [0.15, 0.2) is 30.3 Å². The average molecular weight is 274 g/mol. The van der Waals surface area contributed by atoms with Crippen LogP contribution in [0, 0.1) is 0 Å². The van der Waals surface area contributed by atoms with Crippen LogP contribution in [-0.2, 0) is 6.42 Å². The molecule has 0 amide bonds. The summed E-state index contributed by atoms with van der Waals surface area (Å²) in [7, 11) is 0. The van der Waals surface area contributed by atoms with Crippen LogP contribution in [0.5, 0.6) is 0 Å². The van der Waals surface area contributed by atoms with Gasteiger partial charge >= 0.3 is 0 Å². The minimum absolute atomic E-state index is 0.540. The second kappa shape index (κ2) is 8.43. The second-order valence-corrected chi connectivity index (χ2v) is 6.39. The van der Waals surface area contributed by atoms with Gasteiger partial charge in [-0.05, 0) is 51.6 Å². The Morgan fingerprint density at radius 1 is 1.10 bits per heavy atom. The highest BCUT2D eigenvalue weighted by Crippen LogP contribution is 2.13. The number of hydrogen-bond acceptors (Lipinski definition) is 2. The van der Waals surface area contributed by atoms with Crippen molar-refractivity contribution in [1.29, 1.82) is 0 Å². The fourth-order valence-corrected chi connectivity index (χ4v) is 3.31. The Hall–Kier alpha value is -0.860. The smallest absolute Gasteiger partial charge is 0.00817 e. The van der Waals surface area contributed by atoms with Crippen LogP contribution >= 0.6 is 0 Å². The van der Waals surface area contributed by atoms with Crippen molar-refractivity contribution in [2.24, 2.45) is 0 Å². The molecular weight excluding hydrogens is 244 g/mol. The lowest BCUT2D eigenvalue weighted by atomic mass is 10.0. The number of hydrogen-bond donors (Lipinski definition) is 2. The quantitative estimate of drug-likeness (QED) is 0.829. The molecule has 3 unspecified atom stereocenters. The van der Waals surface area contributed by atoms with Crippen molar-refractivity contribution in [2.45, 2.75) is 70.5 Å². The molecule has 2 rings (SSSR count). The zero-order valence-electron chi connectivity index (χ0n) is 13.1. The number of rotatable bonds is 6. The van der Waals surface area contributed by atoms with Crippen molar-refractivity contribution in [1.82, 2.24) is 10.6 Å². The molecule has 1 heterocycles. The zero-order valence-corrected chi connectivity index (χ0v) is 13.1. The summed E-state index contributed by atoms with van der Waals surface area (Å²) in [5.74, 6) is 0. The highest BCUT2D eigenvalue weighted by Gasteiger charge is 2.16. The predicted molar refractivity (Wildman–Crippen MR) is 87.1 cm³/mol.